The van der Waals surface area contributed by atoms with Crippen molar-refractivity contribution in [1.29, 1.82) is 0 Å². The Bertz CT molecular complexity index is 481. The molecule has 2 N–H and O–H groups in total. The summed E-state index contributed by atoms with van der Waals surface area (Å²) in [7, 11) is 0. The van der Waals surface area contributed by atoms with Crippen LogP contribution in [0.15, 0.2) is 24.3 Å². The Kier molecular flexibility index (Phi) is 4.44. The molecule has 2 aliphatic rings. The van der Waals surface area contributed by atoms with Crippen molar-refractivity contribution < 1.29 is 4.79 Å². The van der Waals surface area contributed by atoms with Crippen LogP contribution in [0, 0.1) is 0 Å². The molecule has 4 nitrogen and oxygen atoms in total. The fourth-order valence-electron chi connectivity index (χ4n) is 2.95. The monoisotopic (exact) mass is 287 g/mol. The lowest BCUT2D eigenvalue weighted by atomic mass is 10.1. The number of hydrogen-bond acceptors (Lipinski definition) is 3. The van der Waals surface area contributed by atoms with Gasteiger partial charge in [0.25, 0.3) is 5.91 Å². The van der Waals surface area contributed by atoms with Gasteiger partial charge in [-0.25, -0.2) is 0 Å². The van der Waals surface area contributed by atoms with E-state index in [-0.39, 0.29) is 5.91 Å². The van der Waals surface area contributed by atoms with Gasteiger partial charge in [-0.2, -0.15) is 0 Å². The zero-order chi connectivity index (χ0) is 14.7. The largest absolute Gasteiger partial charge is 0.385 e. The van der Waals surface area contributed by atoms with Gasteiger partial charge in [-0.05, 0) is 49.9 Å². The van der Waals surface area contributed by atoms with Crippen LogP contribution in [-0.4, -0.2) is 42.5 Å². The number of rotatable bonds is 6. The average molecular weight is 287 g/mol. The van der Waals surface area contributed by atoms with E-state index in [1.807, 2.05) is 24.3 Å². The molecule has 2 fully saturated rings. The van der Waals surface area contributed by atoms with Gasteiger partial charge in [-0.1, -0.05) is 6.92 Å². The second-order valence-corrected chi connectivity index (χ2v) is 6.19. The maximum Gasteiger partial charge on any atom is 0.251 e. The lowest BCUT2D eigenvalue weighted by Gasteiger charge is -2.16. The molecule has 1 aliphatic heterocycles. The number of benzene rings is 1. The minimum atomic E-state index is 0.0553. The minimum Gasteiger partial charge on any atom is -0.385 e. The molecule has 4 heteroatoms. The van der Waals surface area contributed by atoms with Gasteiger partial charge >= 0.3 is 0 Å². The highest BCUT2D eigenvalue weighted by molar-refractivity contribution is 5.94. The van der Waals surface area contributed by atoms with Crippen LogP contribution in [0.3, 0.4) is 0 Å². The summed E-state index contributed by atoms with van der Waals surface area (Å²) >= 11 is 0. The number of hydrogen-bond donors (Lipinski definition) is 2. The first-order valence-corrected chi connectivity index (χ1v) is 8.15. The predicted molar refractivity (Wildman–Crippen MR) is 85.7 cm³/mol. The van der Waals surface area contributed by atoms with Gasteiger partial charge < -0.3 is 10.6 Å². The highest BCUT2D eigenvalue weighted by Gasteiger charge is 2.34. The fourth-order valence-corrected chi connectivity index (χ4v) is 2.95. The van der Waals surface area contributed by atoms with Crippen LogP contribution in [0.1, 0.15) is 43.0 Å². The third kappa shape index (κ3) is 3.76. The van der Waals surface area contributed by atoms with E-state index < -0.39 is 0 Å². The zero-order valence-electron chi connectivity index (χ0n) is 12.8. The molecule has 0 aromatic heterocycles. The van der Waals surface area contributed by atoms with Gasteiger partial charge in [0.05, 0.1) is 0 Å². The molecule has 1 heterocycles. The number of likely N-dealkylation sites (tertiary alicyclic amines) is 1. The van der Waals surface area contributed by atoms with Crippen molar-refractivity contribution >= 4 is 11.6 Å². The normalized spacial score (nSPS) is 22.2. The summed E-state index contributed by atoms with van der Waals surface area (Å²) in [5.74, 6) is 0.0553. The van der Waals surface area contributed by atoms with Crippen LogP contribution < -0.4 is 10.6 Å². The van der Waals surface area contributed by atoms with E-state index in [9.17, 15) is 4.79 Å². The molecule has 1 saturated carbocycles. The Hall–Kier alpha value is -1.55. The molecular weight excluding hydrogens is 262 g/mol. The van der Waals surface area contributed by atoms with Crippen molar-refractivity contribution in [2.45, 2.75) is 44.7 Å². The van der Waals surface area contributed by atoms with E-state index in [2.05, 4.69) is 22.5 Å². The Morgan fingerprint density at radius 1 is 1.24 bits per heavy atom. The standard InChI is InChI=1S/C17H25N3O/c1-2-10-18-14-5-3-13(4-6-14)17(21)19-15-9-11-20(12-15)16-7-8-16/h3-6,15-16,18H,2,7-12H2,1H3,(H,19,21). The molecule has 0 spiro atoms. The number of nitrogens with zero attached hydrogens (tertiary/aromatic N) is 1. The number of nitrogens with one attached hydrogen (secondary N) is 2. The summed E-state index contributed by atoms with van der Waals surface area (Å²) in [4.78, 5) is 14.8. The lowest BCUT2D eigenvalue weighted by molar-refractivity contribution is 0.0937. The number of carbonyl (C=O) groups is 1. The summed E-state index contributed by atoms with van der Waals surface area (Å²) in [6.45, 7) is 5.26. The van der Waals surface area contributed by atoms with Gasteiger partial charge in [0.15, 0.2) is 0 Å². The molecule has 114 valence electrons. The lowest BCUT2D eigenvalue weighted by Crippen LogP contribution is -2.37. The first-order chi connectivity index (χ1) is 10.3. The maximum absolute atomic E-state index is 12.3. The summed E-state index contributed by atoms with van der Waals surface area (Å²) in [5, 5.41) is 6.49. The Balaban J connectivity index is 1.50. The second kappa shape index (κ2) is 6.48. The van der Waals surface area contributed by atoms with E-state index >= 15 is 0 Å². The highest BCUT2D eigenvalue weighted by Crippen LogP contribution is 2.29. The van der Waals surface area contributed by atoms with E-state index in [0.717, 1.165) is 49.8 Å². The molecule has 1 saturated heterocycles. The van der Waals surface area contributed by atoms with Crippen molar-refractivity contribution in [1.82, 2.24) is 10.2 Å². The Morgan fingerprint density at radius 3 is 2.67 bits per heavy atom. The molecule has 1 aliphatic carbocycles. The predicted octanol–water partition coefficient (Wildman–Crippen LogP) is 2.48. The third-order valence-electron chi connectivity index (χ3n) is 4.34. The third-order valence-corrected chi connectivity index (χ3v) is 4.34. The van der Waals surface area contributed by atoms with Crippen LogP contribution in [0.4, 0.5) is 5.69 Å². The van der Waals surface area contributed by atoms with E-state index in [0.29, 0.717) is 6.04 Å². The fraction of sp³-hybridized carbons (Fsp3) is 0.588. The quantitative estimate of drug-likeness (QED) is 0.845. The van der Waals surface area contributed by atoms with Gasteiger partial charge in [0.1, 0.15) is 0 Å². The van der Waals surface area contributed by atoms with Crippen LogP contribution >= 0.6 is 0 Å². The van der Waals surface area contributed by atoms with Gasteiger partial charge in [0.2, 0.25) is 0 Å². The molecule has 1 unspecified atom stereocenters. The van der Waals surface area contributed by atoms with Crippen molar-refractivity contribution in [3.63, 3.8) is 0 Å². The van der Waals surface area contributed by atoms with Crippen LogP contribution in [0.5, 0.6) is 0 Å². The average Bonchev–Trinajstić information content (AvgIpc) is 3.26. The number of carbonyl (C=O) groups excluding carboxylic acids is 1. The molecule has 3 rings (SSSR count). The highest BCUT2D eigenvalue weighted by atomic mass is 16.1. The topological polar surface area (TPSA) is 44.4 Å². The van der Waals surface area contributed by atoms with Crippen LogP contribution in [0.25, 0.3) is 0 Å². The first-order valence-electron chi connectivity index (χ1n) is 8.15. The molecule has 1 amide bonds. The zero-order valence-corrected chi connectivity index (χ0v) is 12.8. The maximum atomic E-state index is 12.3. The smallest absolute Gasteiger partial charge is 0.251 e. The van der Waals surface area contributed by atoms with Gasteiger partial charge in [-0.15, -0.1) is 0 Å². The Labute approximate surface area is 126 Å². The summed E-state index contributed by atoms with van der Waals surface area (Å²) < 4.78 is 0. The number of amides is 1. The summed E-state index contributed by atoms with van der Waals surface area (Å²) in [6.07, 6.45) is 4.86. The molecule has 0 bridgehead atoms. The van der Waals surface area contributed by atoms with Crippen molar-refractivity contribution in [3.05, 3.63) is 29.8 Å². The molecule has 1 atom stereocenters. The molecule has 0 radical (unpaired) electrons. The second-order valence-electron chi connectivity index (χ2n) is 6.19. The summed E-state index contributed by atoms with van der Waals surface area (Å²) in [5.41, 5.74) is 1.83. The molecule has 1 aromatic carbocycles. The number of anilines is 1. The minimum absolute atomic E-state index is 0.0553. The van der Waals surface area contributed by atoms with Crippen molar-refractivity contribution in [2.24, 2.45) is 0 Å². The van der Waals surface area contributed by atoms with Crippen molar-refractivity contribution in [2.75, 3.05) is 25.0 Å². The first kappa shape index (κ1) is 14.4. The van der Waals surface area contributed by atoms with E-state index in [1.165, 1.54) is 12.8 Å². The molecule has 1 aromatic rings. The van der Waals surface area contributed by atoms with Crippen LogP contribution in [-0.2, 0) is 0 Å². The SMILES string of the molecule is CCCNc1ccc(C(=O)NC2CCN(C3CC3)C2)cc1. The van der Waals surface area contributed by atoms with E-state index in [1.54, 1.807) is 0 Å². The van der Waals surface area contributed by atoms with Gasteiger partial charge in [0, 0.05) is 43.0 Å². The molecular formula is C17H25N3O. The summed E-state index contributed by atoms with van der Waals surface area (Å²) in [6, 6.07) is 8.89. The van der Waals surface area contributed by atoms with Crippen molar-refractivity contribution in [3.8, 4) is 0 Å². The van der Waals surface area contributed by atoms with E-state index in [4.69, 9.17) is 0 Å². The van der Waals surface area contributed by atoms with Crippen LogP contribution in [0.2, 0.25) is 0 Å². The molecule has 21 heavy (non-hydrogen) atoms. The Morgan fingerprint density at radius 2 is 2.00 bits per heavy atom. The van der Waals surface area contributed by atoms with Gasteiger partial charge in [-0.3, -0.25) is 9.69 Å².